The molecule has 0 amide bonds. The number of para-hydroxylation sites is 1. The van der Waals surface area contributed by atoms with Crippen molar-refractivity contribution < 1.29 is 4.42 Å². The van der Waals surface area contributed by atoms with E-state index >= 15 is 0 Å². The third-order valence-electron chi connectivity index (χ3n) is 6.61. The monoisotopic (exact) mass is 353 g/mol. The SMILES string of the molecule is Cn1c2ccccc2c2ccc3c4ccc(C5CCCCC5)cc4oc3c21. The van der Waals surface area contributed by atoms with Gasteiger partial charge in [0.2, 0.25) is 0 Å². The molecule has 2 heterocycles. The van der Waals surface area contributed by atoms with Crippen molar-refractivity contribution in [3.05, 3.63) is 60.2 Å². The molecular formula is C25H23NO. The first-order chi connectivity index (χ1) is 13.3. The number of furan rings is 1. The van der Waals surface area contributed by atoms with Gasteiger partial charge in [0.25, 0.3) is 0 Å². The average molecular weight is 353 g/mol. The molecule has 1 aliphatic rings. The first-order valence-electron chi connectivity index (χ1n) is 10.1. The number of hydrogen-bond acceptors (Lipinski definition) is 1. The Morgan fingerprint density at radius 2 is 1.59 bits per heavy atom. The largest absolute Gasteiger partial charge is 0.454 e. The predicted molar refractivity (Wildman–Crippen MR) is 114 cm³/mol. The van der Waals surface area contributed by atoms with Crippen LogP contribution in [0.4, 0.5) is 0 Å². The zero-order chi connectivity index (χ0) is 18.0. The van der Waals surface area contributed by atoms with Gasteiger partial charge >= 0.3 is 0 Å². The summed E-state index contributed by atoms with van der Waals surface area (Å²) in [5.74, 6) is 0.703. The lowest BCUT2D eigenvalue weighted by Gasteiger charge is -2.21. The smallest absolute Gasteiger partial charge is 0.159 e. The van der Waals surface area contributed by atoms with Crippen LogP contribution in [0.15, 0.2) is 59.0 Å². The highest BCUT2D eigenvalue weighted by Gasteiger charge is 2.19. The molecule has 1 aliphatic carbocycles. The van der Waals surface area contributed by atoms with Crippen LogP contribution >= 0.6 is 0 Å². The van der Waals surface area contributed by atoms with Crippen LogP contribution < -0.4 is 0 Å². The van der Waals surface area contributed by atoms with Crippen molar-refractivity contribution in [2.45, 2.75) is 38.0 Å². The van der Waals surface area contributed by atoms with Crippen LogP contribution in [0, 0.1) is 0 Å². The van der Waals surface area contributed by atoms with Gasteiger partial charge in [0.05, 0.1) is 5.52 Å². The summed E-state index contributed by atoms with van der Waals surface area (Å²) in [5, 5.41) is 5.02. The van der Waals surface area contributed by atoms with Gasteiger partial charge in [-0.25, -0.2) is 0 Å². The normalized spacial score (nSPS) is 16.2. The fraction of sp³-hybridized carbons (Fsp3) is 0.280. The number of benzene rings is 3. The highest BCUT2D eigenvalue weighted by Crippen LogP contribution is 2.40. The van der Waals surface area contributed by atoms with E-state index in [1.807, 2.05) is 0 Å². The molecule has 0 unspecified atom stereocenters. The van der Waals surface area contributed by atoms with Gasteiger partial charge in [0, 0.05) is 34.1 Å². The third-order valence-corrected chi connectivity index (χ3v) is 6.61. The predicted octanol–water partition coefficient (Wildman–Crippen LogP) is 7.28. The zero-order valence-corrected chi connectivity index (χ0v) is 15.7. The first-order valence-corrected chi connectivity index (χ1v) is 10.1. The van der Waals surface area contributed by atoms with E-state index in [2.05, 4.69) is 66.2 Å². The second-order valence-electron chi connectivity index (χ2n) is 8.11. The molecule has 27 heavy (non-hydrogen) atoms. The molecule has 134 valence electrons. The van der Waals surface area contributed by atoms with E-state index in [9.17, 15) is 0 Å². The molecule has 0 bridgehead atoms. The Kier molecular flexibility index (Phi) is 3.19. The Hall–Kier alpha value is -2.74. The Morgan fingerprint density at radius 3 is 2.48 bits per heavy atom. The van der Waals surface area contributed by atoms with Crippen molar-refractivity contribution in [1.29, 1.82) is 0 Å². The lowest BCUT2D eigenvalue weighted by Crippen LogP contribution is -2.03. The number of nitrogens with zero attached hydrogens (tertiary/aromatic N) is 1. The van der Waals surface area contributed by atoms with E-state index in [-0.39, 0.29) is 0 Å². The Bertz CT molecular complexity index is 1310. The van der Waals surface area contributed by atoms with Crippen molar-refractivity contribution in [3.63, 3.8) is 0 Å². The summed E-state index contributed by atoms with van der Waals surface area (Å²) in [7, 11) is 2.14. The van der Waals surface area contributed by atoms with Crippen LogP contribution in [0.25, 0.3) is 43.7 Å². The van der Waals surface area contributed by atoms with Gasteiger partial charge in [0.1, 0.15) is 5.58 Å². The van der Waals surface area contributed by atoms with E-state index in [1.165, 1.54) is 70.2 Å². The van der Waals surface area contributed by atoms with Gasteiger partial charge < -0.3 is 8.98 Å². The Labute approximate surface area is 158 Å². The molecule has 2 nitrogen and oxygen atoms in total. The van der Waals surface area contributed by atoms with Crippen molar-refractivity contribution in [3.8, 4) is 0 Å². The van der Waals surface area contributed by atoms with Gasteiger partial charge in [-0.3, -0.25) is 0 Å². The summed E-state index contributed by atoms with van der Waals surface area (Å²) in [6.45, 7) is 0. The molecule has 0 N–H and O–H groups in total. The number of hydrogen-bond donors (Lipinski definition) is 0. The Morgan fingerprint density at radius 1 is 0.815 bits per heavy atom. The van der Waals surface area contributed by atoms with Crippen LogP contribution in [0.5, 0.6) is 0 Å². The summed E-state index contributed by atoms with van der Waals surface area (Å²) in [4.78, 5) is 0. The maximum Gasteiger partial charge on any atom is 0.159 e. The minimum atomic E-state index is 0.703. The van der Waals surface area contributed by atoms with Crippen LogP contribution in [0.1, 0.15) is 43.6 Å². The van der Waals surface area contributed by atoms with Crippen LogP contribution in [-0.2, 0) is 7.05 Å². The number of aromatic nitrogens is 1. The molecule has 3 aromatic carbocycles. The standard InChI is InChI=1S/C25H23NO/c1-26-22-10-6-5-9-18(22)20-13-14-21-19-12-11-17(16-7-3-2-4-8-16)15-23(19)27-25(21)24(20)26/h5-6,9-16H,2-4,7-8H2,1H3. The van der Waals surface area contributed by atoms with Crippen LogP contribution in [0.3, 0.4) is 0 Å². The molecule has 6 rings (SSSR count). The minimum absolute atomic E-state index is 0.703. The highest BCUT2D eigenvalue weighted by atomic mass is 16.3. The molecule has 1 saturated carbocycles. The summed E-state index contributed by atoms with van der Waals surface area (Å²) >= 11 is 0. The van der Waals surface area contributed by atoms with E-state index in [1.54, 1.807) is 0 Å². The lowest BCUT2D eigenvalue weighted by atomic mass is 9.84. The fourth-order valence-electron chi connectivity index (χ4n) is 5.20. The van der Waals surface area contributed by atoms with Crippen LogP contribution in [-0.4, -0.2) is 4.57 Å². The maximum absolute atomic E-state index is 6.49. The lowest BCUT2D eigenvalue weighted by molar-refractivity contribution is 0.443. The summed E-state index contributed by atoms with van der Waals surface area (Å²) in [6.07, 6.45) is 6.75. The molecular weight excluding hydrogens is 330 g/mol. The number of fused-ring (bicyclic) bond motifs is 7. The summed E-state index contributed by atoms with van der Waals surface area (Å²) < 4.78 is 8.76. The maximum atomic E-state index is 6.49. The molecule has 2 heteroatoms. The quantitative estimate of drug-likeness (QED) is 0.310. The van der Waals surface area contributed by atoms with Gasteiger partial charge in [-0.2, -0.15) is 0 Å². The van der Waals surface area contributed by atoms with Crippen molar-refractivity contribution in [2.24, 2.45) is 7.05 Å². The van der Waals surface area contributed by atoms with E-state index in [4.69, 9.17) is 4.42 Å². The highest BCUT2D eigenvalue weighted by molar-refractivity contribution is 6.20. The average Bonchev–Trinajstić information content (AvgIpc) is 3.24. The van der Waals surface area contributed by atoms with E-state index in [0.717, 1.165) is 11.2 Å². The summed E-state index contributed by atoms with van der Waals surface area (Å²) in [5.41, 5.74) is 5.95. The molecule has 2 aromatic heterocycles. The molecule has 0 radical (unpaired) electrons. The van der Waals surface area contributed by atoms with Crippen molar-refractivity contribution in [2.75, 3.05) is 0 Å². The number of rotatable bonds is 1. The molecule has 0 spiro atoms. The Balaban J connectivity index is 1.64. The second kappa shape index (κ2) is 5.63. The topological polar surface area (TPSA) is 18.1 Å². The van der Waals surface area contributed by atoms with E-state index < -0.39 is 0 Å². The molecule has 5 aromatic rings. The molecule has 1 fully saturated rings. The first kappa shape index (κ1) is 15.3. The fourth-order valence-corrected chi connectivity index (χ4v) is 5.20. The van der Waals surface area contributed by atoms with Gasteiger partial charge in [0.15, 0.2) is 5.58 Å². The van der Waals surface area contributed by atoms with Gasteiger partial charge in [-0.15, -0.1) is 0 Å². The summed E-state index contributed by atoms with van der Waals surface area (Å²) in [6, 6.07) is 20.0. The molecule has 0 aliphatic heterocycles. The minimum Gasteiger partial charge on any atom is -0.454 e. The third kappa shape index (κ3) is 2.13. The molecule has 0 saturated heterocycles. The van der Waals surface area contributed by atoms with Crippen LogP contribution in [0.2, 0.25) is 0 Å². The molecule has 0 atom stereocenters. The van der Waals surface area contributed by atoms with Crippen molar-refractivity contribution in [1.82, 2.24) is 4.57 Å². The van der Waals surface area contributed by atoms with Gasteiger partial charge in [-0.05, 0) is 42.5 Å². The van der Waals surface area contributed by atoms with Crippen molar-refractivity contribution >= 4 is 43.7 Å². The number of aryl methyl sites for hydroxylation is 1. The zero-order valence-electron chi connectivity index (χ0n) is 15.7. The second-order valence-corrected chi connectivity index (χ2v) is 8.11. The van der Waals surface area contributed by atoms with E-state index in [0.29, 0.717) is 5.92 Å². The van der Waals surface area contributed by atoms with Gasteiger partial charge in [-0.1, -0.05) is 55.7 Å².